The minimum Gasteiger partial charge on any atom is -0.338 e. The van der Waals surface area contributed by atoms with E-state index in [9.17, 15) is 4.79 Å². The molecule has 3 nitrogen and oxygen atoms in total. The van der Waals surface area contributed by atoms with Gasteiger partial charge in [-0.1, -0.05) is 0 Å². The van der Waals surface area contributed by atoms with Crippen LogP contribution in [-0.2, 0) is 4.79 Å². The maximum Gasteiger partial charge on any atom is 0.222 e. The summed E-state index contributed by atoms with van der Waals surface area (Å²) < 4.78 is 0. The third-order valence-corrected chi connectivity index (χ3v) is 2.70. The van der Waals surface area contributed by atoms with E-state index in [-0.39, 0.29) is 6.04 Å². The van der Waals surface area contributed by atoms with Crippen LogP contribution < -0.4 is 5.73 Å². The Labute approximate surface area is 72.9 Å². The molecule has 1 aliphatic heterocycles. The first-order valence-corrected chi connectivity index (χ1v) is 4.82. The maximum atomic E-state index is 11.5. The predicted octanol–water partition coefficient (Wildman–Crippen LogP) is 0.489. The fourth-order valence-corrected chi connectivity index (χ4v) is 1.84. The van der Waals surface area contributed by atoms with Crippen LogP contribution in [-0.4, -0.2) is 29.4 Å². The molecule has 1 saturated carbocycles. The minimum absolute atomic E-state index is 0.219. The molecule has 0 spiro atoms. The summed E-state index contributed by atoms with van der Waals surface area (Å²) in [6, 6.07) is 0.763. The molecule has 68 valence electrons. The summed E-state index contributed by atoms with van der Waals surface area (Å²) in [6.45, 7) is 0.795. The first-order chi connectivity index (χ1) is 5.77. The van der Waals surface area contributed by atoms with Crippen LogP contribution in [0.3, 0.4) is 0 Å². The highest BCUT2D eigenvalue weighted by Crippen LogP contribution is 2.29. The minimum atomic E-state index is 0.219. The summed E-state index contributed by atoms with van der Waals surface area (Å²) >= 11 is 0. The first-order valence-electron chi connectivity index (χ1n) is 4.82. The highest BCUT2D eigenvalue weighted by molar-refractivity contribution is 5.77. The van der Waals surface area contributed by atoms with Gasteiger partial charge in [0.15, 0.2) is 0 Å². The number of nitrogens with two attached hydrogens (primary N) is 1. The molecule has 0 aromatic rings. The zero-order valence-corrected chi connectivity index (χ0v) is 7.33. The Morgan fingerprint density at radius 3 is 2.75 bits per heavy atom. The van der Waals surface area contributed by atoms with Gasteiger partial charge in [0.1, 0.15) is 0 Å². The molecule has 1 unspecified atom stereocenters. The van der Waals surface area contributed by atoms with Crippen LogP contribution in [0.15, 0.2) is 0 Å². The number of hydrogen-bond donors (Lipinski definition) is 1. The zero-order valence-electron chi connectivity index (χ0n) is 7.33. The molecule has 12 heavy (non-hydrogen) atoms. The Morgan fingerprint density at radius 1 is 1.33 bits per heavy atom. The molecule has 2 rings (SSSR count). The van der Waals surface area contributed by atoms with Crippen LogP contribution in [0.4, 0.5) is 0 Å². The fraction of sp³-hybridized carbons (Fsp3) is 0.889. The SMILES string of the molecule is NC1CCCC(=O)N(C2CC2)C1. The Hall–Kier alpha value is -0.570. The monoisotopic (exact) mass is 168 g/mol. The van der Waals surface area contributed by atoms with Gasteiger partial charge in [-0.3, -0.25) is 4.79 Å². The molecule has 1 atom stereocenters. The second kappa shape index (κ2) is 3.05. The average Bonchev–Trinajstić information content (AvgIpc) is 2.79. The van der Waals surface area contributed by atoms with Crippen LogP contribution in [0.1, 0.15) is 32.1 Å². The second-order valence-electron chi connectivity index (χ2n) is 3.93. The van der Waals surface area contributed by atoms with Gasteiger partial charge in [-0.05, 0) is 25.7 Å². The Morgan fingerprint density at radius 2 is 2.08 bits per heavy atom. The normalized spacial score (nSPS) is 31.9. The molecule has 1 saturated heterocycles. The maximum absolute atomic E-state index is 11.5. The van der Waals surface area contributed by atoms with Crippen LogP contribution in [0.25, 0.3) is 0 Å². The molecule has 1 amide bonds. The van der Waals surface area contributed by atoms with E-state index in [1.165, 1.54) is 12.8 Å². The number of likely N-dealkylation sites (tertiary alicyclic amines) is 1. The Balaban J connectivity index is 2.00. The lowest BCUT2D eigenvalue weighted by atomic mass is 10.1. The predicted molar refractivity (Wildman–Crippen MR) is 46.6 cm³/mol. The van der Waals surface area contributed by atoms with E-state index in [0.29, 0.717) is 18.4 Å². The van der Waals surface area contributed by atoms with Crippen molar-refractivity contribution in [1.29, 1.82) is 0 Å². The smallest absolute Gasteiger partial charge is 0.222 e. The number of rotatable bonds is 1. The van der Waals surface area contributed by atoms with Crippen molar-refractivity contribution in [2.45, 2.75) is 44.2 Å². The average molecular weight is 168 g/mol. The van der Waals surface area contributed by atoms with Gasteiger partial charge in [-0.15, -0.1) is 0 Å². The fourth-order valence-electron chi connectivity index (χ4n) is 1.84. The van der Waals surface area contributed by atoms with Crippen molar-refractivity contribution in [2.24, 2.45) is 5.73 Å². The molecule has 2 N–H and O–H groups in total. The van der Waals surface area contributed by atoms with Gasteiger partial charge in [0.05, 0.1) is 0 Å². The van der Waals surface area contributed by atoms with Crippen LogP contribution in [0.5, 0.6) is 0 Å². The molecule has 1 heterocycles. The third kappa shape index (κ3) is 1.61. The number of carbonyl (C=O) groups is 1. The van der Waals surface area contributed by atoms with E-state index >= 15 is 0 Å². The van der Waals surface area contributed by atoms with Crippen LogP contribution in [0, 0.1) is 0 Å². The molecule has 0 bridgehead atoms. The number of nitrogens with zero attached hydrogens (tertiary/aromatic N) is 1. The van der Waals surface area contributed by atoms with Gasteiger partial charge in [0.25, 0.3) is 0 Å². The summed E-state index contributed by atoms with van der Waals surface area (Å²) in [5.41, 5.74) is 5.86. The lowest BCUT2D eigenvalue weighted by Crippen LogP contribution is -2.39. The highest BCUT2D eigenvalue weighted by Gasteiger charge is 2.34. The van der Waals surface area contributed by atoms with Crippen molar-refractivity contribution in [3.05, 3.63) is 0 Å². The zero-order chi connectivity index (χ0) is 8.55. The van der Waals surface area contributed by atoms with E-state index in [0.717, 1.165) is 19.4 Å². The molecule has 0 radical (unpaired) electrons. The third-order valence-electron chi connectivity index (χ3n) is 2.70. The summed E-state index contributed by atoms with van der Waals surface area (Å²) in [7, 11) is 0. The van der Waals surface area contributed by atoms with Gasteiger partial charge >= 0.3 is 0 Å². The molecular weight excluding hydrogens is 152 g/mol. The van der Waals surface area contributed by atoms with Gasteiger partial charge in [0.2, 0.25) is 5.91 Å². The van der Waals surface area contributed by atoms with E-state index in [4.69, 9.17) is 5.73 Å². The highest BCUT2D eigenvalue weighted by atomic mass is 16.2. The molecule has 0 aromatic carbocycles. The van der Waals surface area contributed by atoms with Crippen LogP contribution in [0.2, 0.25) is 0 Å². The van der Waals surface area contributed by atoms with Crippen molar-refractivity contribution >= 4 is 5.91 Å². The van der Waals surface area contributed by atoms with Crippen molar-refractivity contribution in [1.82, 2.24) is 4.90 Å². The molecule has 2 aliphatic rings. The van der Waals surface area contributed by atoms with Crippen molar-refractivity contribution in [3.8, 4) is 0 Å². The van der Waals surface area contributed by atoms with E-state index in [1.807, 2.05) is 4.90 Å². The van der Waals surface area contributed by atoms with Crippen molar-refractivity contribution < 1.29 is 4.79 Å². The van der Waals surface area contributed by atoms with E-state index < -0.39 is 0 Å². The van der Waals surface area contributed by atoms with Gasteiger partial charge in [0, 0.05) is 25.0 Å². The number of hydrogen-bond acceptors (Lipinski definition) is 2. The topological polar surface area (TPSA) is 46.3 Å². The second-order valence-corrected chi connectivity index (χ2v) is 3.93. The Bertz CT molecular complexity index is 189. The van der Waals surface area contributed by atoms with Gasteiger partial charge in [-0.25, -0.2) is 0 Å². The summed E-state index contributed by atoms with van der Waals surface area (Å²) in [4.78, 5) is 13.5. The summed E-state index contributed by atoms with van der Waals surface area (Å²) in [6.07, 6.45) is 5.08. The molecular formula is C9H16N2O. The number of amides is 1. The summed E-state index contributed by atoms with van der Waals surface area (Å²) in [5, 5.41) is 0. The van der Waals surface area contributed by atoms with Crippen LogP contribution >= 0.6 is 0 Å². The summed E-state index contributed by atoms with van der Waals surface area (Å²) in [5.74, 6) is 0.324. The van der Waals surface area contributed by atoms with Gasteiger partial charge < -0.3 is 10.6 Å². The largest absolute Gasteiger partial charge is 0.338 e. The molecule has 2 fully saturated rings. The van der Waals surface area contributed by atoms with E-state index in [1.54, 1.807) is 0 Å². The standard InChI is InChI=1S/C9H16N2O/c10-7-2-1-3-9(12)11(6-7)8-4-5-8/h7-8H,1-6,10H2. The lowest BCUT2D eigenvalue weighted by Gasteiger charge is -2.22. The number of carbonyl (C=O) groups excluding carboxylic acids is 1. The Kier molecular flexibility index (Phi) is 2.05. The molecule has 0 aromatic heterocycles. The molecule has 3 heteroatoms. The van der Waals surface area contributed by atoms with Gasteiger partial charge in [-0.2, -0.15) is 0 Å². The van der Waals surface area contributed by atoms with Crippen molar-refractivity contribution in [2.75, 3.05) is 6.54 Å². The molecule has 1 aliphatic carbocycles. The lowest BCUT2D eigenvalue weighted by molar-refractivity contribution is -0.131. The van der Waals surface area contributed by atoms with E-state index in [2.05, 4.69) is 0 Å². The quantitative estimate of drug-likeness (QED) is 0.619. The first kappa shape index (κ1) is 8.05. The van der Waals surface area contributed by atoms with Crippen molar-refractivity contribution in [3.63, 3.8) is 0 Å².